The highest BCUT2D eigenvalue weighted by molar-refractivity contribution is 6.32. The molecule has 0 fully saturated rings. The van der Waals surface area contributed by atoms with Gasteiger partial charge >= 0.3 is 11.9 Å². The van der Waals surface area contributed by atoms with Gasteiger partial charge in [-0.25, -0.2) is 4.79 Å². The van der Waals surface area contributed by atoms with E-state index in [1.165, 1.54) is 0 Å². The summed E-state index contributed by atoms with van der Waals surface area (Å²) in [5.41, 5.74) is 0.868. The summed E-state index contributed by atoms with van der Waals surface area (Å²) in [7, 11) is 0. The predicted molar refractivity (Wildman–Crippen MR) is 64.8 cm³/mol. The van der Waals surface area contributed by atoms with Gasteiger partial charge in [0.15, 0.2) is 5.78 Å². The molecule has 0 aromatic heterocycles. The predicted octanol–water partition coefficient (Wildman–Crippen LogP) is 0.477. The van der Waals surface area contributed by atoms with Crippen LogP contribution in [-0.4, -0.2) is 30.8 Å². The first-order valence-electron chi connectivity index (χ1n) is 5.64. The Morgan fingerprint density at radius 3 is 2.44 bits per heavy atom. The molecule has 18 heavy (non-hydrogen) atoms. The number of ketones is 1. The molecule has 1 N–H and O–H groups in total. The zero-order chi connectivity index (χ0) is 13.4. The number of ether oxygens (including phenoxy) is 1. The minimum Gasteiger partial charge on any atom is -0.459 e. The molecule has 1 rings (SSSR count). The summed E-state index contributed by atoms with van der Waals surface area (Å²) in [5.74, 6) is -2.03. The molecule has 0 atom stereocenters. The highest BCUT2D eigenvalue weighted by Gasteiger charge is 2.15. The number of carbonyl (C=O) groups is 3. The van der Waals surface area contributed by atoms with Crippen LogP contribution in [0.1, 0.15) is 12.5 Å². The second kappa shape index (κ2) is 7.21. The Morgan fingerprint density at radius 1 is 1.17 bits per heavy atom. The van der Waals surface area contributed by atoms with Crippen LogP contribution in [0.3, 0.4) is 0 Å². The third-order valence-corrected chi connectivity index (χ3v) is 2.15. The molecule has 0 aliphatic rings. The van der Waals surface area contributed by atoms with Gasteiger partial charge in [0.1, 0.15) is 0 Å². The van der Waals surface area contributed by atoms with E-state index in [1.807, 2.05) is 30.3 Å². The van der Waals surface area contributed by atoms with E-state index >= 15 is 0 Å². The Morgan fingerprint density at radius 2 is 1.83 bits per heavy atom. The standard InChI is InChI=1S/C13H15NO4/c1-2-18-13(17)12(16)14-9-11(15)8-10-6-4-3-5-7-10/h3-7H,2,8-9H2,1H3,(H,14,16). The van der Waals surface area contributed by atoms with Gasteiger partial charge in [0.25, 0.3) is 0 Å². The van der Waals surface area contributed by atoms with Gasteiger partial charge in [-0.05, 0) is 12.5 Å². The average Bonchev–Trinajstić information content (AvgIpc) is 2.37. The quantitative estimate of drug-likeness (QED) is 0.608. The van der Waals surface area contributed by atoms with Crippen molar-refractivity contribution >= 4 is 17.7 Å². The van der Waals surface area contributed by atoms with Gasteiger partial charge in [-0.15, -0.1) is 0 Å². The van der Waals surface area contributed by atoms with Crippen LogP contribution in [0.25, 0.3) is 0 Å². The van der Waals surface area contributed by atoms with Gasteiger partial charge in [0, 0.05) is 6.42 Å². The minimum atomic E-state index is -0.968. The first-order chi connectivity index (χ1) is 8.63. The maximum Gasteiger partial charge on any atom is 0.396 e. The molecular formula is C13H15NO4. The number of carbonyl (C=O) groups excluding carboxylic acids is 3. The first kappa shape index (κ1) is 13.9. The number of benzene rings is 1. The molecule has 5 heteroatoms. The lowest BCUT2D eigenvalue weighted by Gasteiger charge is -2.04. The van der Waals surface area contributed by atoms with E-state index < -0.39 is 11.9 Å². The van der Waals surface area contributed by atoms with Crippen molar-refractivity contribution in [1.29, 1.82) is 0 Å². The van der Waals surface area contributed by atoms with Crippen molar-refractivity contribution in [3.63, 3.8) is 0 Å². The normalized spacial score (nSPS) is 9.61. The monoisotopic (exact) mass is 249 g/mol. The lowest BCUT2D eigenvalue weighted by atomic mass is 10.1. The Hall–Kier alpha value is -2.17. The molecule has 0 saturated carbocycles. The SMILES string of the molecule is CCOC(=O)C(=O)NCC(=O)Cc1ccccc1. The molecule has 1 aromatic carbocycles. The van der Waals surface area contributed by atoms with Gasteiger partial charge < -0.3 is 10.1 Å². The molecule has 0 heterocycles. The lowest BCUT2D eigenvalue weighted by Crippen LogP contribution is -2.36. The Labute approximate surface area is 105 Å². The highest BCUT2D eigenvalue weighted by Crippen LogP contribution is 1.99. The van der Waals surface area contributed by atoms with Crippen molar-refractivity contribution in [2.24, 2.45) is 0 Å². The number of nitrogens with one attached hydrogen (secondary N) is 1. The fourth-order valence-corrected chi connectivity index (χ4v) is 1.33. The summed E-state index contributed by atoms with van der Waals surface area (Å²) >= 11 is 0. The van der Waals surface area contributed by atoms with Crippen molar-refractivity contribution < 1.29 is 19.1 Å². The highest BCUT2D eigenvalue weighted by atomic mass is 16.5. The summed E-state index contributed by atoms with van der Waals surface area (Å²) in [6.45, 7) is 1.56. The summed E-state index contributed by atoms with van der Waals surface area (Å²) in [4.78, 5) is 33.7. The second-order valence-electron chi connectivity index (χ2n) is 3.60. The summed E-state index contributed by atoms with van der Waals surface area (Å²) in [5, 5.41) is 2.22. The van der Waals surface area contributed by atoms with E-state index in [2.05, 4.69) is 10.1 Å². The average molecular weight is 249 g/mol. The number of esters is 1. The Kier molecular flexibility index (Phi) is 5.57. The fourth-order valence-electron chi connectivity index (χ4n) is 1.33. The van der Waals surface area contributed by atoms with Crippen molar-refractivity contribution in [2.45, 2.75) is 13.3 Å². The first-order valence-corrected chi connectivity index (χ1v) is 5.64. The second-order valence-corrected chi connectivity index (χ2v) is 3.60. The number of Topliss-reactive ketones (excluding diaryl/α,β-unsaturated/α-hetero) is 1. The smallest absolute Gasteiger partial charge is 0.396 e. The summed E-state index contributed by atoms with van der Waals surface area (Å²) in [6, 6.07) is 9.17. The molecule has 0 radical (unpaired) electrons. The van der Waals surface area contributed by atoms with Crippen LogP contribution in [0, 0.1) is 0 Å². The number of rotatable bonds is 5. The molecule has 1 amide bonds. The van der Waals surface area contributed by atoms with Gasteiger partial charge in [-0.3, -0.25) is 9.59 Å². The summed E-state index contributed by atoms with van der Waals surface area (Å²) in [6.07, 6.45) is 0.226. The van der Waals surface area contributed by atoms with Crippen LogP contribution in [-0.2, 0) is 25.5 Å². The third-order valence-electron chi connectivity index (χ3n) is 2.15. The lowest BCUT2D eigenvalue weighted by molar-refractivity contribution is -0.154. The van der Waals surface area contributed by atoms with Crippen LogP contribution in [0.5, 0.6) is 0 Å². The molecule has 1 aromatic rings. The van der Waals surface area contributed by atoms with Crippen LogP contribution in [0.15, 0.2) is 30.3 Å². The zero-order valence-corrected chi connectivity index (χ0v) is 10.1. The zero-order valence-electron chi connectivity index (χ0n) is 10.1. The van der Waals surface area contributed by atoms with Crippen molar-refractivity contribution in [1.82, 2.24) is 5.32 Å². The Bertz CT molecular complexity index is 428. The molecule has 0 aliphatic carbocycles. The van der Waals surface area contributed by atoms with Crippen molar-refractivity contribution in [2.75, 3.05) is 13.2 Å². The number of hydrogen-bond acceptors (Lipinski definition) is 4. The molecule has 0 spiro atoms. The topological polar surface area (TPSA) is 72.5 Å². The van der Waals surface area contributed by atoms with E-state index in [0.29, 0.717) is 0 Å². The van der Waals surface area contributed by atoms with Crippen LogP contribution in [0.4, 0.5) is 0 Å². The largest absolute Gasteiger partial charge is 0.459 e. The van der Waals surface area contributed by atoms with Crippen LogP contribution < -0.4 is 5.32 Å². The van der Waals surface area contributed by atoms with E-state index in [9.17, 15) is 14.4 Å². The van der Waals surface area contributed by atoms with Gasteiger partial charge in [-0.1, -0.05) is 30.3 Å². The number of amides is 1. The van der Waals surface area contributed by atoms with Gasteiger partial charge in [0.05, 0.1) is 13.2 Å². The van der Waals surface area contributed by atoms with E-state index in [-0.39, 0.29) is 25.4 Å². The van der Waals surface area contributed by atoms with Gasteiger partial charge in [-0.2, -0.15) is 0 Å². The van der Waals surface area contributed by atoms with E-state index in [0.717, 1.165) is 5.56 Å². The summed E-state index contributed by atoms with van der Waals surface area (Å²) < 4.78 is 4.49. The van der Waals surface area contributed by atoms with Crippen LogP contribution >= 0.6 is 0 Å². The van der Waals surface area contributed by atoms with Gasteiger partial charge in [0.2, 0.25) is 0 Å². The molecule has 0 aliphatic heterocycles. The van der Waals surface area contributed by atoms with E-state index in [4.69, 9.17) is 0 Å². The van der Waals surface area contributed by atoms with Crippen molar-refractivity contribution in [3.05, 3.63) is 35.9 Å². The third kappa shape index (κ3) is 4.78. The molecule has 5 nitrogen and oxygen atoms in total. The van der Waals surface area contributed by atoms with E-state index in [1.54, 1.807) is 6.92 Å². The maximum absolute atomic E-state index is 11.5. The molecule has 0 saturated heterocycles. The maximum atomic E-state index is 11.5. The fraction of sp³-hybridized carbons (Fsp3) is 0.308. The Balaban J connectivity index is 2.33. The minimum absolute atomic E-state index is 0.129. The van der Waals surface area contributed by atoms with Crippen LogP contribution in [0.2, 0.25) is 0 Å². The molecule has 0 unspecified atom stereocenters. The molecular weight excluding hydrogens is 234 g/mol. The number of hydrogen-bond donors (Lipinski definition) is 1. The molecule has 0 bridgehead atoms. The van der Waals surface area contributed by atoms with Crippen molar-refractivity contribution in [3.8, 4) is 0 Å². The molecule has 96 valence electrons.